The molecule has 7 heteroatoms. The second-order valence-electron chi connectivity index (χ2n) is 4.75. The monoisotopic (exact) mass is 321 g/mol. The second-order valence-corrected chi connectivity index (χ2v) is 5.92. The first kappa shape index (κ1) is 16.4. The highest BCUT2D eigenvalue weighted by Gasteiger charge is 2.36. The van der Waals surface area contributed by atoms with Crippen LogP contribution < -0.4 is 10.1 Å². The molecule has 2 amide bonds. The number of ether oxygens (including phenoxy) is 1. The van der Waals surface area contributed by atoms with Crippen LogP contribution in [-0.4, -0.2) is 47.8 Å². The molecule has 0 unspecified atom stereocenters. The summed E-state index contributed by atoms with van der Waals surface area (Å²) < 4.78 is 5.10. The molecule has 118 valence electrons. The number of aliphatic imine (C=N–C) groups is 1. The Kier molecular flexibility index (Phi) is 5.43. The van der Waals surface area contributed by atoms with Gasteiger partial charge in [0.15, 0.2) is 5.17 Å². The maximum Gasteiger partial charge on any atom is 0.242 e. The highest BCUT2D eigenvalue weighted by Crippen LogP contribution is 2.30. The number of rotatable bonds is 5. The van der Waals surface area contributed by atoms with Crippen LogP contribution in [0.2, 0.25) is 0 Å². The predicted octanol–water partition coefficient (Wildman–Crippen LogP) is 1.78. The Morgan fingerprint density at radius 1 is 1.41 bits per heavy atom. The summed E-state index contributed by atoms with van der Waals surface area (Å²) in [5.41, 5.74) is 0.738. The van der Waals surface area contributed by atoms with E-state index in [1.807, 2.05) is 31.2 Å². The first-order valence-corrected chi connectivity index (χ1v) is 7.86. The maximum atomic E-state index is 12.2. The number of thioether (sulfide) groups is 1. The first-order valence-electron chi connectivity index (χ1n) is 6.98. The fraction of sp³-hybridized carbons (Fsp3) is 0.400. The van der Waals surface area contributed by atoms with E-state index in [4.69, 9.17) is 4.74 Å². The number of benzene rings is 1. The van der Waals surface area contributed by atoms with Crippen LogP contribution in [0.3, 0.4) is 0 Å². The summed E-state index contributed by atoms with van der Waals surface area (Å²) in [7, 11) is 3.28. The molecule has 0 spiro atoms. The van der Waals surface area contributed by atoms with Crippen molar-refractivity contribution in [2.45, 2.75) is 18.6 Å². The minimum Gasteiger partial charge on any atom is -0.497 e. The molecule has 1 saturated heterocycles. The Morgan fingerprint density at radius 2 is 2.09 bits per heavy atom. The molecular weight excluding hydrogens is 302 g/mol. The SMILES string of the molecule is CCNC(=O)C[C@H]1SC(=Nc2ccc(OC)cc2)N(C)C1=O. The molecule has 1 atom stereocenters. The third kappa shape index (κ3) is 3.79. The summed E-state index contributed by atoms with van der Waals surface area (Å²) in [6.45, 7) is 2.41. The van der Waals surface area contributed by atoms with Crippen LogP contribution in [-0.2, 0) is 9.59 Å². The van der Waals surface area contributed by atoms with Gasteiger partial charge in [0.25, 0.3) is 0 Å². The van der Waals surface area contributed by atoms with E-state index in [-0.39, 0.29) is 18.2 Å². The zero-order valence-electron chi connectivity index (χ0n) is 12.8. The number of nitrogens with one attached hydrogen (secondary N) is 1. The van der Waals surface area contributed by atoms with Gasteiger partial charge in [0.2, 0.25) is 11.8 Å². The van der Waals surface area contributed by atoms with Crippen molar-refractivity contribution in [3.8, 4) is 5.75 Å². The minimum atomic E-state index is -0.409. The third-order valence-corrected chi connectivity index (χ3v) is 4.41. The lowest BCUT2D eigenvalue weighted by atomic mass is 10.2. The average molecular weight is 321 g/mol. The molecule has 1 fully saturated rings. The van der Waals surface area contributed by atoms with Crippen molar-refractivity contribution in [3.63, 3.8) is 0 Å². The van der Waals surface area contributed by atoms with E-state index >= 15 is 0 Å². The summed E-state index contributed by atoms with van der Waals surface area (Å²) in [6.07, 6.45) is 0.170. The van der Waals surface area contributed by atoms with Gasteiger partial charge in [0, 0.05) is 20.0 Å². The highest BCUT2D eigenvalue weighted by atomic mass is 32.2. The Labute approximate surface area is 133 Å². The van der Waals surface area contributed by atoms with Crippen LogP contribution in [0.25, 0.3) is 0 Å². The molecule has 22 heavy (non-hydrogen) atoms. The quantitative estimate of drug-likeness (QED) is 0.897. The molecule has 1 aliphatic rings. The zero-order chi connectivity index (χ0) is 16.1. The number of amides is 2. The van der Waals surface area contributed by atoms with Crippen molar-refractivity contribution in [2.24, 2.45) is 4.99 Å². The summed E-state index contributed by atoms with van der Waals surface area (Å²) in [4.78, 5) is 29.8. The standard InChI is InChI=1S/C15H19N3O3S/c1-4-16-13(19)9-12-14(20)18(2)15(22-12)17-10-5-7-11(21-3)8-6-10/h5-8,12H,4,9H2,1-3H3,(H,16,19)/t12-/m1/s1. The van der Waals surface area contributed by atoms with Crippen LogP contribution in [0.15, 0.2) is 29.3 Å². The topological polar surface area (TPSA) is 71.0 Å². The number of hydrogen-bond donors (Lipinski definition) is 1. The van der Waals surface area contributed by atoms with Crippen molar-refractivity contribution in [3.05, 3.63) is 24.3 Å². The molecule has 1 aliphatic heterocycles. The largest absolute Gasteiger partial charge is 0.497 e. The van der Waals surface area contributed by atoms with E-state index in [1.165, 1.54) is 16.7 Å². The number of hydrogen-bond acceptors (Lipinski definition) is 5. The number of methoxy groups -OCH3 is 1. The third-order valence-electron chi connectivity index (χ3n) is 3.18. The van der Waals surface area contributed by atoms with Crippen molar-refractivity contribution in [1.82, 2.24) is 10.2 Å². The summed E-state index contributed by atoms with van der Waals surface area (Å²) in [5.74, 6) is 0.539. The maximum absolute atomic E-state index is 12.2. The van der Waals surface area contributed by atoms with E-state index in [0.717, 1.165) is 11.4 Å². The van der Waals surface area contributed by atoms with Gasteiger partial charge in [0.1, 0.15) is 11.0 Å². The van der Waals surface area contributed by atoms with Gasteiger partial charge in [0.05, 0.1) is 12.8 Å². The summed E-state index contributed by atoms with van der Waals surface area (Å²) in [6, 6.07) is 7.27. The van der Waals surface area contributed by atoms with Gasteiger partial charge in [-0.2, -0.15) is 0 Å². The van der Waals surface area contributed by atoms with Crippen LogP contribution in [0.1, 0.15) is 13.3 Å². The van der Waals surface area contributed by atoms with Gasteiger partial charge in [-0.15, -0.1) is 0 Å². The van der Waals surface area contributed by atoms with Crippen LogP contribution in [0.4, 0.5) is 5.69 Å². The Bertz CT molecular complexity index is 586. The Balaban J connectivity index is 2.09. The minimum absolute atomic E-state index is 0.0940. The molecule has 0 aliphatic carbocycles. The lowest BCUT2D eigenvalue weighted by Crippen LogP contribution is -2.32. The molecule has 1 heterocycles. The molecule has 0 aromatic heterocycles. The Morgan fingerprint density at radius 3 is 2.68 bits per heavy atom. The number of carbonyl (C=O) groups excluding carboxylic acids is 2. The summed E-state index contributed by atoms with van der Waals surface area (Å²) in [5, 5.41) is 2.90. The highest BCUT2D eigenvalue weighted by molar-refractivity contribution is 8.15. The molecule has 1 aromatic rings. The van der Waals surface area contributed by atoms with Crippen molar-refractivity contribution in [1.29, 1.82) is 0 Å². The fourth-order valence-corrected chi connectivity index (χ4v) is 3.16. The fourth-order valence-electron chi connectivity index (χ4n) is 2.00. The van der Waals surface area contributed by atoms with Crippen molar-refractivity contribution < 1.29 is 14.3 Å². The van der Waals surface area contributed by atoms with Gasteiger partial charge in [-0.25, -0.2) is 4.99 Å². The van der Waals surface area contributed by atoms with Crippen LogP contribution >= 0.6 is 11.8 Å². The molecule has 0 saturated carbocycles. The zero-order valence-corrected chi connectivity index (χ0v) is 13.6. The van der Waals surface area contributed by atoms with Gasteiger partial charge in [-0.05, 0) is 31.2 Å². The molecule has 2 rings (SSSR count). The Hall–Kier alpha value is -2.02. The predicted molar refractivity (Wildman–Crippen MR) is 87.5 cm³/mol. The molecule has 1 aromatic carbocycles. The smallest absolute Gasteiger partial charge is 0.242 e. The van der Waals surface area contributed by atoms with Crippen molar-refractivity contribution >= 4 is 34.4 Å². The van der Waals surface area contributed by atoms with E-state index in [0.29, 0.717) is 11.7 Å². The normalized spacial score (nSPS) is 19.6. The molecule has 0 bridgehead atoms. The van der Waals surface area contributed by atoms with E-state index in [2.05, 4.69) is 10.3 Å². The number of amidine groups is 1. The average Bonchev–Trinajstić information content (AvgIpc) is 2.76. The first-order chi connectivity index (χ1) is 10.5. The van der Waals surface area contributed by atoms with Crippen LogP contribution in [0.5, 0.6) is 5.75 Å². The lowest BCUT2D eigenvalue weighted by molar-refractivity contribution is -0.128. The van der Waals surface area contributed by atoms with E-state index in [9.17, 15) is 9.59 Å². The van der Waals surface area contributed by atoms with E-state index in [1.54, 1.807) is 14.2 Å². The second kappa shape index (κ2) is 7.31. The van der Waals surface area contributed by atoms with Gasteiger partial charge < -0.3 is 10.1 Å². The van der Waals surface area contributed by atoms with Crippen molar-refractivity contribution in [2.75, 3.05) is 20.7 Å². The molecule has 0 radical (unpaired) electrons. The number of nitrogens with zero attached hydrogens (tertiary/aromatic N) is 2. The molecule has 1 N–H and O–H groups in total. The van der Waals surface area contributed by atoms with Gasteiger partial charge in [-0.1, -0.05) is 11.8 Å². The van der Waals surface area contributed by atoms with Crippen LogP contribution in [0, 0.1) is 0 Å². The summed E-state index contributed by atoms with van der Waals surface area (Å²) >= 11 is 1.32. The number of carbonyl (C=O) groups is 2. The van der Waals surface area contributed by atoms with Gasteiger partial charge in [-0.3, -0.25) is 14.5 Å². The van der Waals surface area contributed by atoms with Gasteiger partial charge >= 0.3 is 0 Å². The molecular formula is C15H19N3O3S. The lowest BCUT2D eigenvalue weighted by Gasteiger charge is -2.08. The molecule has 6 nitrogen and oxygen atoms in total. The van der Waals surface area contributed by atoms with E-state index < -0.39 is 5.25 Å².